The Morgan fingerprint density at radius 2 is 2.38 bits per heavy atom. The summed E-state index contributed by atoms with van der Waals surface area (Å²) in [7, 11) is 3.88. The standard InChI is InChI=1S/C9H17N3O/c1-4-5-12(3)9-11-8(6-10-2)7-13-9/h7,10H,4-6H2,1-3H3. The Balaban J connectivity index is 2.56. The van der Waals surface area contributed by atoms with Gasteiger partial charge in [-0.25, -0.2) is 0 Å². The molecule has 4 nitrogen and oxygen atoms in total. The summed E-state index contributed by atoms with van der Waals surface area (Å²) in [6.45, 7) is 3.86. The van der Waals surface area contributed by atoms with Gasteiger partial charge in [-0.05, 0) is 13.5 Å². The lowest BCUT2D eigenvalue weighted by molar-refractivity contribution is 0.543. The van der Waals surface area contributed by atoms with E-state index < -0.39 is 0 Å². The number of anilines is 1. The number of hydrogen-bond donors (Lipinski definition) is 1. The SMILES string of the molecule is CCCN(C)c1nc(CNC)co1. The molecule has 0 amide bonds. The first-order chi connectivity index (χ1) is 6.27. The van der Waals surface area contributed by atoms with Crippen molar-refractivity contribution in [2.24, 2.45) is 0 Å². The van der Waals surface area contributed by atoms with Crippen molar-refractivity contribution in [1.29, 1.82) is 0 Å². The van der Waals surface area contributed by atoms with E-state index in [0.29, 0.717) is 6.01 Å². The Hall–Kier alpha value is -1.03. The normalized spacial score (nSPS) is 10.4. The molecular formula is C9H17N3O. The Morgan fingerprint density at radius 3 is 3.00 bits per heavy atom. The molecule has 1 N–H and O–H groups in total. The highest BCUT2D eigenvalue weighted by atomic mass is 16.4. The Bertz CT molecular complexity index is 247. The summed E-state index contributed by atoms with van der Waals surface area (Å²) in [5.41, 5.74) is 0.945. The van der Waals surface area contributed by atoms with E-state index in [1.165, 1.54) is 0 Å². The monoisotopic (exact) mass is 183 g/mol. The minimum atomic E-state index is 0.701. The molecule has 0 saturated carbocycles. The summed E-state index contributed by atoms with van der Waals surface area (Å²) in [5, 5.41) is 3.03. The molecule has 1 rings (SSSR count). The topological polar surface area (TPSA) is 41.3 Å². The highest BCUT2D eigenvalue weighted by Crippen LogP contribution is 2.11. The number of nitrogens with one attached hydrogen (secondary N) is 1. The molecule has 4 heteroatoms. The average Bonchev–Trinajstić information content (AvgIpc) is 2.54. The van der Waals surface area contributed by atoms with Crippen LogP contribution >= 0.6 is 0 Å². The van der Waals surface area contributed by atoms with Crippen LogP contribution in [0.25, 0.3) is 0 Å². The van der Waals surface area contributed by atoms with Gasteiger partial charge >= 0.3 is 0 Å². The molecule has 0 aliphatic carbocycles. The van der Waals surface area contributed by atoms with Crippen molar-refractivity contribution in [3.8, 4) is 0 Å². The summed E-state index contributed by atoms with van der Waals surface area (Å²) in [6.07, 6.45) is 2.79. The van der Waals surface area contributed by atoms with Crippen molar-refractivity contribution in [1.82, 2.24) is 10.3 Å². The minimum Gasteiger partial charge on any atom is -0.432 e. The summed E-state index contributed by atoms with van der Waals surface area (Å²) < 4.78 is 5.31. The number of hydrogen-bond acceptors (Lipinski definition) is 4. The smallest absolute Gasteiger partial charge is 0.297 e. The Labute approximate surface area is 78.9 Å². The van der Waals surface area contributed by atoms with Gasteiger partial charge in [0.25, 0.3) is 6.01 Å². The van der Waals surface area contributed by atoms with Crippen molar-refractivity contribution >= 4 is 6.01 Å². The first-order valence-corrected chi connectivity index (χ1v) is 4.58. The van der Waals surface area contributed by atoms with E-state index >= 15 is 0 Å². The van der Waals surface area contributed by atoms with E-state index in [0.717, 1.165) is 25.2 Å². The molecule has 0 aliphatic heterocycles. The highest BCUT2D eigenvalue weighted by Gasteiger charge is 2.06. The van der Waals surface area contributed by atoms with Gasteiger partial charge < -0.3 is 14.6 Å². The second-order valence-corrected chi connectivity index (χ2v) is 3.07. The predicted molar refractivity (Wildman–Crippen MR) is 52.8 cm³/mol. The second kappa shape index (κ2) is 4.87. The molecule has 13 heavy (non-hydrogen) atoms. The molecule has 1 aromatic rings. The number of rotatable bonds is 5. The fourth-order valence-electron chi connectivity index (χ4n) is 1.16. The van der Waals surface area contributed by atoms with Gasteiger partial charge in [-0.1, -0.05) is 6.92 Å². The maximum Gasteiger partial charge on any atom is 0.297 e. The van der Waals surface area contributed by atoms with Crippen LogP contribution in [0.2, 0.25) is 0 Å². The maximum atomic E-state index is 5.31. The third-order valence-electron chi connectivity index (χ3n) is 1.78. The lowest BCUT2D eigenvalue weighted by Crippen LogP contribution is -2.18. The van der Waals surface area contributed by atoms with Crippen molar-refractivity contribution in [2.75, 3.05) is 25.5 Å². The van der Waals surface area contributed by atoms with E-state index in [9.17, 15) is 0 Å². The van der Waals surface area contributed by atoms with Crippen LogP contribution in [-0.2, 0) is 6.54 Å². The zero-order chi connectivity index (χ0) is 9.68. The number of aromatic nitrogens is 1. The van der Waals surface area contributed by atoms with E-state index in [2.05, 4.69) is 17.2 Å². The number of nitrogens with zero attached hydrogens (tertiary/aromatic N) is 2. The third-order valence-corrected chi connectivity index (χ3v) is 1.78. The fourth-order valence-corrected chi connectivity index (χ4v) is 1.16. The molecule has 0 spiro atoms. The van der Waals surface area contributed by atoms with Gasteiger partial charge in [0.1, 0.15) is 6.26 Å². The molecule has 1 heterocycles. The molecular weight excluding hydrogens is 166 g/mol. The lowest BCUT2D eigenvalue weighted by Gasteiger charge is -2.11. The molecule has 1 aromatic heterocycles. The van der Waals surface area contributed by atoms with E-state index in [4.69, 9.17) is 4.42 Å². The quantitative estimate of drug-likeness (QED) is 0.745. The molecule has 0 unspecified atom stereocenters. The van der Waals surface area contributed by atoms with Crippen LogP contribution in [0.1, 0.15) is 19.0 Å². The third kappa shape index (κ3) is 2.73. The molecule has 0 aliphatic rings. The maximum absolute atomic E-state index is 5.31. The van der Waals surface area contributed by atoms with Crippen molar-refractivity contribution < 1.29 is 4.42 Å². The van der Waals surface area contributed by atoms with Crippen molar-refractivity contribution in [3.05, 3.63) is 12.0 Å². The minimum absolute atomic E-state index is 0.701. The van der Waals surface area contributed by atoms with Crippen LogP contribution in [0, 0.1) is 0 Å². The Kier molecular flexibility index (Phi) is 3.76. The predicted octanol–water partition coefficient (Wildman–Crippen LogP) is 1.24. The Morgan fingerprint density at radius 1 is 1.62 bits per heavy atom. The summed E-state index contributed by atoms with van der Waals surface area (Å²) in [5.74, 6) is 0. The van der Waals surface area contributed by atoms with Crippen LogP contribution < -0.4 is 10.2 Å². The molecule has 0 bridgehead atoms. The van der Waals surface area contributed by atoms with Crippen LogP contribution in [-0.4, -0.2) is 25.6 Å². The van der Waals surface area contributed by atoms with Crippen molar-refractivity contribution in [2.45, 2.75) is 19.9 Å². The van der Waals surface area contributed by atoms with Crippen LogP contribution in [0.15, 0.2) is 10.7 Å². The van der Waals surface area contributed by atoms with Gasteiger partial charge in [0.05, 0.1) is 5.69 Å². The fraction of sp³-hybridized carbons (Fsp3) is 0.667. The van der Waals surface area contributed by atoms with E-state index in [-0.39, 0.29) is 0 Å². The summed E-state index contributed by atoms with van der Waals surface area (Å²) in [4.78, 5) is 6.33. The molecule has 74 valence electrons. The average molecular weight is 183 g/mol. The van der Waals surface area contributed by atoms with Gasteiger partial charge in [0.15, 0.2) is 0 Å². The second-order valence-electron chi connectivity index (χ2n) is 3.07. The highest BCUT2D eigenvalue weighted by molar-refractivity contribution is 5.24. The first kappa shape index (κ1) is 10.1. The van der Waals surface area contributed by atoms with E-state index in [1.807, 2.05) is 19.0 Å². The summed E-state index contributed by atoms with van der Waals surface area (Å²) >= 11 is 0. The van der Waals surface area contributed by atoms with Gasteiger partial charge in [-0.15, -0.1) is 0 Å². The van der Waals surface area contributed by atoms with Gasteiger partial charge in [0.2, 0.25) is 0 Å². The van der Waals surface area contributed by atoms with Gasteiger partial charge in [-0.3, -0.25) is 0 Å². The van der Waals surface area contributed by atoms with Gasteiger partial charge in [0, 0.05) is 20.1 Å². The molecule has 0 saturated heterocycles. The molecule has 0 fully saturated rings. The number of oxazole rings is 1. The van der Waals surface area contributed by atoms with Crippen LogP contribution in [0.5, 0.6) is 0 Å². The lowest BCUT2D eigenvalue weighted by atomic mass is 10.4. The van der Waals surface area contributed by atoms with Crippen molar-refractivity contribution in [3.63, 3.8) is 0 Å². The van der Waals surface area contributed by atoms with Crippen LogP contribution in [0.4, 0.5) is 6.01 Å². The largest absolute Gasteiger partial charge is 0.432 e. The molecule has 0 atom stereocenters. The van der Waals surface area contributed by atoms with Crippen LogP contribution in [0.3, 0.4) is 0 Å². The van der Waals surface area contributed by atoms with E-state index in [1.54, 1.807) is 6.26 Å². The molecule has 0 radical (unpaired) electrons. The zero-order valence-electron chi connectivity index (χ0n) is 8.50. The molecule has 0 aromatic carbocycles. The summed E-state index contributed by atoms with van der Waals surface area (Å²) in [6, 6.07) is 0.701. The van der Waals surface area contributed by atoms with Gasteiger partial charge in [-0.2, -0.15) is 4.98 Å². The first-order valence-electron chi connectivity index (χ1n) is 4.58. The zero-order valence-corrected chi connectivity index (χ0v) is 8.50.